The molecule has 1 N–H and O–H groups in total. The molecule has 1 aromatic rings. The third-order valence-corrected chi connectivity index (χ3v) is 3.53. The van der Waals surface area contributed by atoms with E-state index in [0.717, 1.165) is 21.3 Å². The molecule has 0 heterocycles. The summed E-state index contributed by atoms with van der Waals surface area (Å²) in [6, 6.07) is 3.86. The van der Waals surface area contributed by atoms with Crippen LogP contribution in [-0.2, 0) is 4.74 Å². The molecule has 0 atom stereocenters. The van der Waals surface area contributed by atoms with Gasteiger partial charge in [-0.2, -0.15) is 13.2 Å². The zero-order valence-electron chi connectivity index (χ0n) is 10.2. The number of hydrogen-bond donors (Lipinski definition) is 1. The lowest BCUT2D eigenvalue weighted by Gasteiger charge is -2.11. The Balaban J connectivity index is 2.36. The van der Waals surface area contributed by atoms with Crippen molar-refractivity contribution in [2.24, 2.45) is 0 Å². The minimum absolute atomic E-state index is 0.0215. The van der Waals surface area contributed by atoms with Gasteiger partial charge >= 0.3 is 6.18 Å². The van der Waals surface area contributed by atoms with Crippen molar-refractivity contribution in [1.29, 1.82) is 0 Å². The molecule has 1 aromatic carbocycles. The Hall–Kier alpha value is -0.750. The van der Waals surface area contributed by atoms with Crippen molar-refractivity contribution in [2.75, 3.05) is 25.1 Å². The van der Waals surface area contributed by atoms with E-state index in [-0.39, 0.29) is 6.61 Å². The van der Waals surface area contributed by atoms with Crippen LogP contribution < -0.4 is 5.32 Å². The lowest BCUT2D eigenvalue weighted by Crippen LogP contribution is -2.20. The fourth-order valence-electron chi connectivity index (χ4n) is 1.50. The summed E-state index contributed by atoms with van der Waals surface area (Å²) in [5, 5.41) is 3.03. The van der Waals surface area contributed by atoms with E-state index >= 15 is 0 Å². The standard InChI is InChI=1S/C12H15BrF3NO/c1-8-5-10(6-9(2)11(8)13)17-3-4-18-7-12(14,15)16/h5-6,17H,3-4,7H2,1-2H3. The predicted molar refractivity (Wildman–Crippen MR) is 69.0 cm³/mol. The number of hydrogen-bond acceptors (Lipinski definition) is 2. The molecule has 0 unspecified atom stereocenters. The van der Waals surface area contributed by atoms with Crippen molar-refractivity contribution >= 4 is 21.6 Å². The Morgan fingerprint density at radius 3 is 2.28 bits per heavy atom. The lowest BCUT2D eigenvalue weighted by molar-refractivity contribution is -0.172. The summed E-state index contributed by atoms with van der Waals surface area (Å²) in [6.45, 7) is 3.09. The van der Waals surface area contributed by atoms with Crippen LogP contribution in [-0.4, -0.2) is 25.9 Å². The first kappa shape index (κ1) is 15.3. The van der Waals surface area contributed by atoms with Gasteiger partial charge in [0.15, 0.2) is 0 Å². The maximum atomic E-state index is 11.8. The molecule has 0 saturated heterocycles. The fraction of sp³-hybridized carbons (Fsp3) is 0.500. The van der Waals surface area contributed by atoms with Gasteiger partial charge in [-0.1, -0.05) is 15.9 Å². The maximum absolute atomic E-state index is 11.8. The van der Waals surface area contributed by atoms with Crippen LogP contribution in [0.2, 0.25) is 0 Å². The zero-order chi connectivity index (χ0) is 13.8. The number of ether oxygens (including phenoxy) is 1. The highest BCUT2D eigenvalue weighted by Crippen LogP contribution is 2.24. The van der Waals surface area contributed by atoms with Gasteiger partial charge in [0.1, 0.15) is 6.61 Å². The number of rotatable bonds is 5. The summed E-state index contributed by atoms with van der Waals surface area (Å²) in [5.41, 5.74) is 3.03. The van der Waals surface area contributed by atoms with Crippen molar-refractivity contribution in [3.05, 3.63) is 27.7 Å². The van der Waals surface area contributed by atoms with Crippen LogP contribution in [0.4, 0.5) is 18.9 Å². The molecule has 0 spiro atoms. The predicted octanol–water partition coefficient (Wildman–Crippen LogP) is 4.06. The first-order valence-electron chi connectivity index (χ1n) is 5.45. The van der Waals surface area contributed by atoms with Crippen molar-refractivity contribution in [3.8, 4) is 0 Å². The number of benzene rings is 1. The number of aryl methyl sites for hydroxylation is 2. The molecule has 0 bridgehead atoms. The van der Waals surface area contributed by atoms with Crippen molar-refractivity contribution in [3.63, 3.8) is 0 Å². The van der Waals surface area contributed by atoms with Crippen LogP contribution >= 0.6 is 15.9 Å². The highest BCUT2D eigenvalue weighted by atomic mass is 79.9. The van der Waals surface area contributed by atoms with Gasteiger partial charge < -0.3 is 10.1 Å². The maximum Gasteiger partial charge on any atom is 0.411 e. The molecule has 102 valence electrons. The van der Waals surface area contributed by atoms with Gasteiger partial charge in [-0.15, -0.1) is 0 Å². The third kappa shape index (κ3) is 5.27. The number of alkyl halides is 3. The monoisotopic (exact) mass is 325 g/mol. The van der Waals surface area contributed by atoms with Crippen LogP contribution in [0, 0.1) is 13.8 Å². The Labute approximate surface area is 113 Å². The van der Waals surface area contributed by atoms with Gasteiger partial charge in [-0.25, -0.2) is 0 Å². The molecule has 0 radical (unpaired) electrons. The quantitative estimate of drug-likeness (QED) is 0.824. The first-order valence-corrected chi connectivity index (χ1v) is 6.24. The van der Waals surface area contributed by atoms with E-state index in [4.69, 9.17) is 0 Å². The molecule has 1 rings (SSSR count). The Morgan fingerprint density at radius 2 is 1.78 bits per heavy atom. The highest BCUT2D eigenvalue weighted by Gasteiger charge is 2.27. The van der Waals surface area contributed by atoms with E-state index in [2.05, 4.69) is 26.0 Å². The van der Waals surface area contributed by atoms with Crippen LogP contribution in [0.25, 0.3) is 0 Å². The lowest BCUT2D eigenvalue weighted by atomic mass is 10.1. The minimum Gasteiger partial charge on any atom is -0.383 e. The van der Waals surface area contributed by atoms with Crippen LogP contribution in [0.3, 0.4) is 0 Å². The van der Waals surface area contributed by atoms with Gasteiger partial charge in [0.2, 0.25) is 0 Å². The summed E-state index contributed by atoms with van der Waals surface area (Å²) in [6.07, 6.45) is -4.26. The molecular weight excluding hydrogens is 311 g/mol. The summed E-state index contributed by atoms with van der Waals surface area (Å²) in [4.78, 5) is 0. The average Bonchev–Trinajstić information content (AvgIpc) is 2.23. The summed E-state index contributed by atoms with van der Waals surface area (Å²) in [5.74, 6) is 0. The normalized spacial score (nSPS) is 11.7. The smallest absolute Gasteiger partial charge is 0.383 e. The molecule has 0 amide bonds. The molecular formula is C12H15BrF3NO. The second-order valence-electron chi connectivity index (χ2n) is 4.02. The summed E-state index contributed by atoms with van der Waals surface area (Å²) < 4.78 is 41.0. The largest absolute Gasteiger partial charge is 0.411 e. The number of nitrogens with one attached hydrogen (secondary N) is 1. The van der Waals surface area contributed by atoms with E-state index in [1.54, 1.807) is 0 Å². The molecule has 2 nitrogen and oxygen atoms in total. The molecule has 0 aliphatic carbocycles. The second-order valence-corrected chi connectivity index (χ2v) is 4.81. The van der Waals surface area contributed by atoms with Crippen molar-refractivity contribution < 1.29 is 17.9 Å². The highest BCUT2D eigenvalue weighted by molar-refractivity contribution is 9.10. The average molecular weight is 326 g/mol. The minimum atomic E-state index is -4.26. The molecule has 6 heteroatoms. The molecule has 0 fully saturated rings. The van der Waals surface area contributed by atoms with Crippen LogP contribution in [0.15, 0.2) is 16.6 Å². The summed E-state index contributed by atoms with van der Waals surface area (Å²) in [7, 11) is 0. The third-order valence-electron chi connectivity index (χ3n) is 2.28. The van der Waals surface area contributed by atoms with Crippen molar-refractivity contribution in [2.45, 2.75) is 20.0 Å². The number of halogens is 4. The van der Waals surface area contributed by atoms with E-state index in [1.807, 2.05) is 26.0 Å². The Bertz CT molecular complexity index is 384. The molecule has 0 aliphatic rings. The van der Waals surface area contributed by atoms with Gasteiger partial charge in [0.25, 0.3) is 0 Å². The Kier molecular flexibility index (Phi) is 5.47. The van der Waals surface area contributed by atoms with E-state index < -0.39 is 12.8 Å². The van der Waals surface area contributed by atoms with E-state index in [0.29, 0.717) is 6.54 Å². The Morgan fingerprint density at radius 1 is 1.22 bits per heavy atom. The SMILES string of the molecule is Cc1cc(NCCOCC(F)(F)F)cc(C)c1Br. The summed E-state index contributed by atoms with van der Waals surface area (Å²) >= 11 is 3.45. The first-order chi connectivity index (χ1) is 8.29. The van der Waals surface area contributed by atoms with Crippen LogP contribution in [0.1, 0.15) is 11.1 Å². The topological polar surface area (TPSA) is 21.3 Å². The second kappa shape index (κ2) is 6.43. The molecule has 0 aromatic heterocycles. The molecule has 0 aliphatic heterocycles. The van der Waals surface area contributed by atoms with Crippen LogP contribution in [0.5, 0.6) is 0 Å². The molecule has 18 heavy (non-hydrogen) atoms. The van der Waals surface area contributed by atoms with Gasteiger partial charge in [0.05, 0.1) is 6.61 Å². The van der Waals surface area contributed by atoms with E-state index in [1.165, 1.54) is 0 Å². The van der Waals surface area contributed by atoms with Gasteiger partial charge in [-0.05, 0) is 37.1 Å². The fourth-order valence-corrected chi connectivity index (χ4v) is 1.73. The molecule has 0 saturated carbocycles. The zero-order valence-corrected chi connectivity index (χ0v) is 11.8. The van der Waals surface area contributed by atoms with E-state index in [9.17, 15) is 13.2 Å². The van der Waals surface area contributed by atoms with Gasteiger partial charge in [-0.3, -0.25) is 0 Å². The number of anilines is 1. The van der Waals surface area contributed by atoms with Gasteiger partial charge in [0, 0.05) is 16.7 Å². The van der Waals surface area contributed by atoms with Crippen molar-refractivity contribution in [1.82, 2.24) is 0 Å².